The first-order valence-corrected chi connectivity index (χ1v) is 8.91. The molecular formula is C18H18FN3O3S. The summed E-state index contributed by atoms with van der Waals surface area (Å²) in [5.74, 6) is 0.510. The summed E-state index contributed by atoms with van der Waals surface area (Å²) in [6, 6.07) is 4.63. The zero-order chi connectivity index (χ0) is 18.7. The van der Waals surface area contributed by atoms with E-state index in [0.29, 0.717) is 29.2 Å². The third-order valence-corrected chi connectivity index (χ3v) is 4.92. The van der Waals surface area contributed by atoms with Gasteiger partial charge < -0.3 is 14.5 Å². The summed E-state index contributed by atoms with van der Waals surface area (Å²) in [5.41, 5.74) is 2.02. The molecule has 0 saturated heterocycles. The van der Waals surface area contributed by atoms with E-state index >= 15 is 0 Å². The Bertz CT molecular complexity index is 958. The lowest BCUT2D eigenvalue weighted by Gasteiger charge is -2.07. The molecule has 0 aliphatic carbocycles. The van der Waals surface area contributed by atoms with Crippen molar-refractivity contribution < 1.29 is 18.7 Å². The molecule has 6 nitrogen and oxygen atoms in total. The summed E-state index contributed by atoms with van der Waals surface area (Å²) in [6.07, 6.45) is 2.17. The Labute approximate surface area is 154 Å². The van der Waals surface area contributed by atoms with E-state index in [9.17, 15) is 9.18 Å². The molecule has 0 radical (unpaired) electrons. The highest BCUT2D eigenvalue weighted by atomic mass is 32.2. The number of hydrogen-bond acceptors (Lipinski definition) is 6. The smallest absolute Gasteiger partial charge is 0.306 e. The predicted molar refractivity (Wildman–Crippen MR) is 97.9 cm³/mol. The van der Waals surface area contributed by atoms with Crippen LogP contribution in [0, 0.1) is 12.7 Å². The van der Waals surface area contributed by atoms with E-state index in [1.54, 1.807) is 12.1 Å². The summed E-state index contributed by atoms with van der Waals surface area (Å²) >= 11 is 1.53. The first-order chi connectivity index (χ1) is 12.5. The number of carbonyl (C=O) groups excluding carboxylic acids is 1. The average Bonchev–Trinajstić information content (AvgIpc) is 3.05. The number of aromatic nitrogens is 3. The summed E-state index contributed by atoms with van der Waals surface area (Å²) in [7, 11) is 2.79. The van der Waals surface area contributed by atoms with Gasteiger partial charge in [-0.3, -0.25) is 4.79 Å². The lowest BCUT2D eigenvalue weighted by Crippen LogP contribution is -2.00. The largest absolute Gasteiger partial charge is 0.494 e. The van der Waals surface area contributed by atoms with E-state index in [-0.39, 0.29) is 11.7 Å². The van der Waals surface area contributed by atoms with E-state index < -0.39 is 5.82 Å². The fourth-order valence-electron chi connectivity index (χ4n) is 2.57. The third-order valence-electron chi connectivity index (χ3n) is 3.88. The SMILES string of the molecule is COC(=O)CCSc1c[nH]c2nc(-c3ccc(OC)c(F)c3)nc(C)c12. The van der Waals surface area contributed by atoms with Crippen molar-refractivity contribution in [1.29, 1.82) is 0 Å². The summed E-state index contributed by atoms with van der Waals surface area (Å²) in [6.45, 7) is 1.88. The number of ether oxygens (including phenoxy) is 2. The molecule has 26 heavy (non-hydrogen) atoms. The van der Waals surface area contributed by atoms with Crippen molar-refractivity contribution in [1.82, 2.24) is 15.0 Å². The van der Waals surface area contributed by atoms with Gasteiger partial charge in [-0.15, -0.1) is 11.8 Å². The number of H-pyrrole nitrogens is 1. The number of nitrogens with zero attached hydrogens (tertiary/aromatic N) is 2. The van der Waals surface area contributed by atoms with Gasteiger partial charge in [0.25, 0.3) is 0 Å². The Morgan fingerprint density at radius 2 is 2.12 bits per heavy atom. The second-order valence-corrected chi connectivity index (χ2v) is 6.67. The number of aromatic amines is 1. The molecule has 136 valence electrons. The molecule has 2 aromatic heterocycles. The standard InChI is InChI=1S/C18H18FN3O3S/c1-10-16-14(26-7-6-15(23)25-3)9-20-18(16)22-17(21-10)11-4-5-13(24-2)12(19)8-11/h4-5,8-9H,6-7H2,1-3H3,(H,20,21,22). The molecule has 0 aliphatic rings. The topological polar surface area (TPSA) is 77.1 Å². The zero-order valence-corrected chi connectivity index (χ0v) is 15.4. The molecule has 0 aliphatic heterocycles. The van der Waals surface area contributed by atoms with Gasteiger partial charge >= 0.3 is 5.97 Å². The summed E-state index contributed by atoms with van der Waals surface area (Å²) in [5, 5.41) is 0.901. The molecule has 1 aromatic carbocycles. The fraction of sp³-hybridized carbons (Fsp3) is 0.278. The van der Waals surface area contributed by atoms with Crippen LogP contribution < -0.4 is 4.74 Å². The van der Waals surface area contributed by atoms with Gasteiger partial charge in [0.1, 0.15) is 5.65 Å². The monoisotopic (exact) mass is 375 g/mol. The van der Waals surface area contributed by atoms with Crippen LogP contribution in [0.15, 0.2) is 29.3 Å². The second-order valence-electron chi connectivity index (χ2n) is 5.53. The van der Waals surface area contributed by atoms with Gasteiger partial charge in [-0.1, -0.05) is 0 Å². The Balaban J connectivity index is 1.89. The van der Waals surface area contributed by atoms with Gasteiger partial charge in [0, 0.05) is 22.4 Å². The molecule has 8 heteroatoms. The van der Waals surface area contributed by atoms with Gasteiger partial charge in [0.2, 0.25) is 0 Å². The Morgan fingerprint density at radius 3 is 2.81 bits per heavy atom. The molecule has 3 aromatic rings. The van der Waals surface area contributed by atoms with Crippen LogP contribution in [0.2, 0.25) is 0 Å². The number of thioether (sulfide) groups is 1. The molecule has 3 rings (SSSR count). The van der Waals surface area contributed by atoms with Crippen LogP contribution in [-0.2, 0) is 9.53 Å². The van der Waals surface area contributed by atoms with E-state index in [2.05, 4.69) is 19.7 Å². The van der Waals surface area contributed by atoms with Crippen molar-refractivity contribution in [2.24, 2.45) is 0 Å². The molecule has 2 heterocycles. The number of fused-ring (bicyclic) bond motifs is 1. The summed E-state index contributed by atoms with van der Waals surface area (Å²) in [4.78, 5) is 24.3. The third kappa shape index (κ3) is 3.65. The zero-order valence-electron chi connectivity index (χ0n) is 14.6. The average molecular weight is 375 g/mol. The summed E-state index contributed by atoms with van der Waals surface area (Å²) < 4.78 is 23.5. The lowest BCUT2D eigenvalue weighted by molar-refractivity contribution is -0.140. The molecule has 0 unspecified atom stereocenters. The Hall–Kier alpha value is -2.61. The van der Waals surface area contributed by atoms with Crippen LogP contribution in [0.25, 0.3) is 22.4 Å². The molecule has 0 spiro atoms. The fourth-order valence-corrected chi connectivity index (χ4v) is 3.59. The number of hydrogen-bond donors (Lipinski definition) is 1. The van der Waals surface area contributed by atoms with Gasteiger partial charge in [-0.05, 0) is 25.1 Å². The minimum atomic E-state index is -0.461. The maximum absolute atomic E-state index is 14.0. The minimum Gasteiger partial charge on any atom is -0.494 e. The quantitative estimate of drug-likeness (QED) is 0.522. The van der Waals surface area contributed by atoms with Gasteiger partial charge in [0.15, 0.2) is 17.4 Å². The van der Waals surface area contributed by atoms with Crippen molar-refractivity contribution in [3.05, 3.63) is 35.9 Å². The molecular weight excluding hydrogens is 357 g/mol. The van der Waals surface area contributed by atoms with E-state index in [0.717, 1.165) is 16.0 Å². The number of esters is 1. The highest BCUT2D eigenvalue weighted by Gasteiger charge is 2.14. The van der Waals surface area contributed by atoms with Gasteiger partial charge in [-0.2, -0.15) is 0 Å². The van der Waals surface area contributed by atoms with Crippen LogP contribution >= 0.6 is 11.8 Å². The van der Waals surface area contributed by atoms with Crippen molar-refractivity contribution >= 4 is 28.8 Å². The number of benzene rings is 1. The maximum atomic E-state index is 14.0. The number of methoxy groups -OCH3 is 2. The Kier molecular flexibility index (Phi) is 5.41. The number of rotatable bonds is 6. The van der Waals surface area contributed by atoms with Gasteiger partial charge in [0.05, 0.1) is 31.7 Å². The van der Waals surface area contributed by atoms with Crippen molar-refractivity contribution in [3.8, 4) is 17.1 Å². The lowest BCUT2D eigenvalue weighted by atomic mass is 10.2. The normalized spacial score (nSPS) is 10.9. The molecule has 0 saturated carbocycles. The van der Waals surface area contributed by atoms with E-state index in [1.807, 2.05) is 13.1 Å². The minimum absolute atomic E-state index is 0.177. The van der Waals surface area contributed by atoms with E-state index in [1.165, 1.54) is 32.0 Å². The van der Waals surface area contributed by atoms with Crippen LogP contribution in [0.5, 0.6) is 5.75 Å². The molecule has 0 atom stereocenters. The molecule has 0 fully saturated rings. The van der Waals surface area contributed by atoms with Crippen LogP contribution in [0.4, 0.5) is 4.39 Å². The highest BCUT2D eigenvalue weighted by Crippen LogP contribution is 2.31. The first-order valence-electron chi connectivity index (χ1n) is 7.92. The van der Waals surface area contributed by atoms with E-state index in [4.69, 9.17) is 4.74 Å². The van der Waals surface area contributed by atoms with Gasteiger partial charge in [-0.25, -0.2) is 14.4 Å². The van der Waals surface area contributed by atoms with Crippen LogP contribution in [-0.4, -0.2) is 40.9 Å². The number of halogens is 1. The highest BCUT2D eigenvalue weighted by molar-refractivity contribution is 7.99. The van der Waals surface area contributed by atoms with Crippen molar-refractivity contribution in [3.63, 3.8) is 0 Å². The maximum Gasteiger partial charge on any atom is 0.306 e. The Morgan fingerprint density at radius 1 is 1.31 bits per heavy atom. The van der Waals surface area contributed by atoms with Crippen LogP contribution in [0.3, 0.4) is 0 Å². The number of aryl methyl sites for hydroxylation is 1. The van der Waals surface area contributed by atoms with Crippen molar-refractivity contribution in [2.45, 2.75) is 18.2 Å². The van der Waals surface area contributed by atoms with Crippen LogP contribution in [0.1, 0.15) is 12.1 Å². The molecule has 0 amide bonds. The van der Waals surface area contributed by atoms with Crippen molar-refractivity contribution in [2.75, 3.05) is 20.0 Å². The first kappa shape index (κ1) is 18.2. The predicted octanol–water partition coefficient (Wildman–Crippen LogP) is 3.74. The molecule has 0 bridgehead atoms. The molecule has 1 N–H and O–H groups in total. The number of carbonyl (C=O) groups is 1. The second kappa shape index (κ2) is 7.74. The number of nitrogens with one attached hydrogen (secondary N) is 1.